The van der Waals surface area contributed by atoms with Crippen molar-refractivity contribution >= 4 is 11.3 Å². The minimum atomic E-state index is 0.244. The Hall–Kier alpha value is -1.32. The predicted molar refractivity (Wildman–Crippen MR) is 75.0 cm³/mol. The van der Waals surface area contributed by atoms with E-state index in [0.29, 0.717) is 0 Å². The van der Waals surface area contributed by atoms with Crippen molar-refractivity contribution in [1.82, 2.24) is 4.90 Å². The monoisotopic (exact) mass is 259 g/mol. The molecule has 0 saturated heterocycles. The highest BCUT2D eigenvalue weighted by atomic mass is 32.1. The molecule has 0 saturated carbocycles. The van der Waals surface area contributed by atoms with Crippen LogP contribution in [0.5, 0.6) is 5.75 Å². The first-order valence-electron chi connectivity index (χ1n) is 6.30. The van der Waals surface area contributed by atoms with Crippen molar-refractivity contribution in [2.24, 2.45) is 0 Å². The van der Waals surface area contributed by atoms with Gasteiger partial charge in [-0.3, -0.25) is 4.90 Å². The average molecular weight is 259 g/mol. The van der Waals surface area contributed by atoms with Gasteiger partial charge in [-0.05, 0) is 24.4 Å². The molecule has 0 radical (unpaired) electrons. The van der Waals surface area contributed by atoms with Crippen molar-refractivity contribution in [3.63, 3.8) is 0 Å². The number of hydrogen-bond donors (Lipinski definition) is 0. The quantitative estimate of drug-likeness (QED) is 0.818. The smallest absolute Gasteiger partial charge is 0.124 e. The van der Waals surface area contributed by atoms with Crippen LogP contribution >= 0.6 is 11.3 Å². The van der Waals surface area contributed by atoms with Crippen LogP contribution in [0.4, 0.5) is 0 Å². The minimum Gasteiger partial charge on any atom is -0.489 e. The number of benzene rings is 1. The molecule has 0 fully saturated rings. The van der Waals surface area contributed by atoms with Gasteiger partial charge in [-0.25, -0.2) is 0 Å². The van der Waals surface area contributed by atoms with E-state index < -0.39 is 0 Å². The number of hydrogen-bond acceptors (Lipinski definition) is 3. The van der Waals surface area contributed by atoms with Crippen LogP contribution in [-0.2, 0) is 13.1 Å². The standard InChI is InChI=1S/C15H17NOS/c1-12-9-16(11-14-6-4-8-18-14)10-13-5-2-3-7-15(13)17-12/h2-8,12H,9-11H2,1H3. The lowest BCUT2D eigenvalue weighted by Crippen LogP contribution is -2.30. The van der Waals surface area contributed by atoms with Gasteiger partial charge in [0.1, 0.15) is 11.9 Å². The summed E-state index contributed by atoms with van der Waals surface area (Å²) in [6.45, 7) is 5.11. The van der Waals surface area contributed by atoms with Gasteiger partial charge in [0.05, 0.1) is 0 Å². The summed E-state index contributed by atoms with van der Waals surface area (Å²) < 4.78 is 5.97. The van der Waals surface area contributed by atoms with E-state index in [1.807, 2.05) is 17.4 Å². The Balaban J connectivity index is 1.81. The number of fused-ring (bicyclic) bond motifs is 1. The first kappa shape index (κ1) is 11.8. The average Bonchev–Trinajstić information content (AvgIpc) is 2.78. The van der Waals surface area contributed by atoms with E-state index in [2.05, 4.69) is 47.5 Å². The van der Waals surface area contributed by atoms with Crippen LogP contribution in [-0.4, -0.2) is 17.5 Å². The first-order chi connectivity index (χ1) is 8.81. The summed E-state index contributed by atoms with van der Waals surface area (Å²) in [7, 11) is 0. The van der Waals surface area contributed by atoms with Crippen LogP contribution in [0.15, 0.2) is 41.8 Å². The molecule has 0 spiro atoms. The fraction of sp³-hybridized carbons (Fsp3) is 0.333. The van der Waals surface area contributed by atoms with E-state index in [-0.39, 0.29) is 6.10 Å². The van der Waals surface area contributed by atoms with Crippen molar-refractivity contribution in [1.29, 1.82) is 0 Å². The van der Waals surface area contributed by atoms with Crippen molar-refractivity contribution in [2.75, 3.05) is 6.54 Å². The molecule has 1 unspecified atom stereocenters. The number of rotatable bonds is 2. The summed E-state index contributed by atoms with van der Waals surface area (Å²) >= 11 is 1.82. The Bertz CT molecular complexity index is 509. The Morgan fingerprint density at radius 3 is 3.00 bits per heavy atom. The maximum atomic E-state index is 5.97. The zero-order valence-electron chi connectivity index (χ0n) is 10.5. The maximum absolute atomic E-state index is 5.97. The topological polar surface area (TPSA) is 12.5 Å². The molecule has 1 aromatic carbocycles. The Morgan fingerprint density at radius 1 is 1.28 bits per heavy atom. The van der Waals surface area contributed by atoms with Crippen molar-refractivity contribution in [3.05, 3.63) is 52.2 Å². The summed E-state index contributed by atoms with van der Waals surface area (Å²) in [5.74, 6) is 1.04. The number of nitrogens with zero attached hydrogens (tertiary/aromatic N) is 1. The molecule has 0 amide bonds. The second kappa shape index (κ2) is 5.12. The molecule has 0 bridgehead atoms. The van der Waals surface area contributed by atoms with Gasteiger partial charge in [0, 0.05) is 30.1 Å². The second-order valence-corrected chi connectivity index (χ2v) is 5.82. The Labute approximate surface area is 112 Å². The lowest BCUT2D eigenvalue weighted by atomic mass is 10.2. The fourth-order valence-electron chi connectivity index (χ4n) is 2.42. The zero-order valence-corrected chi connectivity index (χ0v) is 11.3. The molecular weight excluding hydrogens is 242 g/mol. The minimum absolute atomic E-state index is 0.244. The lowest BCUT2D eigenvalue weighted by molar-refractivity contribution is 0.157. The van der Waals surface area contributed by atoms with Crippen LogP contribution < -0.4 is 4.74 Å². The fourth-order valence-corrected chi connectivity index (χ4v) is 3.16. The van der Waals surface area contributed by atoms with Gasteiger partial charge in [-0.2, -0.15) is 0 Å². The molecule has 3 rings (SSSR count). The molecule has 18 heavy (non-hydrogen) atoms. The molecule has 3 heteroatoms. The third kappa shape index (κ3) is 2.57. The SMILES string of the molecule is CC1CN(Cc2cccs2)Cc2ccccc2O1. The van der Waals surface area contributed by atoms with Crippen LogP contribution in [0.25, 0.3) is 0 Å². The summed E-state index contributed by atoms with van der Waals surface area (Å²) in [5.41, 5.74) is 1.29. The molecular formula is C15H17NOS. The van der Waals surface area contributed by atoms with Crippen LogP contribution in [0.3, 0.4) is 0 Å². The maximum Gasteiger partial charge on any atom is 0.124 e. The normalized spacial score (nSPS) is 19.9. The summed E-state index contributed by atoms with van der Waals surface area (Å²) in [6.07, 6.45) is 0.244. The van der Waals surface area contributed by atoms with Gasteiger partial charge in [-0.1, -0.05) is 24.3 Å². The van der Waals surface area contributed by atoms with Gasteiger partial charge in [0.15, 0.2) is 0 Å². The van der Waals surface area contributed by atoms with Gasteiger partial charge in [-0.15, -0.1) is 11.3 Å². The number of para-hydroxylation sites is 1. The van der Waals surface area contributed by atoms with Crippen molar-refractivity contribution in [3.8, 4) is 5.75 Å². The molecule has 1 aliphatic rings. The molecule has 0 N–H and O–H groups in total. The highest BCUT2D eigenvalue weighted by Crippen LogP contribution is 2.26. The lowest BCUT2D eigenvalue weighted by Gasteiger charge is -2.20. The van der Waals surface area contributed by atoms with Gasteiger partial charge in [0.2, 0.25) is 0 Å². The third-order valence-electron chi connectivity index (χ3n) is 3.17. The largest absolute Gasteiger partial charge is 0.489 e. The van der Waals surface area contributed by atoms with E-state index in [1.54, 1.807) is 0 Å². The van der Waals surface area contributed by atoms with Crippen molar-refractivity contribution in [2.45, 2.75) is 26.1 Å². The van der Waals surface area contributed by atoms with Crippen LogP contribution in [0.2, 0.25) is 0 Å². The van der Waals surface area contributed by atoms with Crippen LogP contribution in [0.1, 0.15) is 17.4 Å². The number of thiophene rings is 1. The first-order valence-corrected chi connectivity index (χ1v) is 7.18. The van der Waals surface area contributed by atoms with Gasteiger partial charge in [0.25, 0.3) is 0 Å². The Morgan fingerprint density at radius 2 is 2.17 bits per heavy atom. The van der Waals surface area contributed by atoms with E-state index in [4.69, 9.17) is 4.74 Å². The van der Waals surface area contributed by atoms with Crippen LogP contribution in [0, 0.1) is 0 Å². The number of ether oxygens (including phenoxy) is 1. The van der Waals surface area contributed by atoms with E-state index in [1.165, 1.54) is 10.4 Å². The van der Waals surface area contributed by atoms with E-state index >= 15 is 0 Å². The molecule has 94 valence electrons. The van der Waals surface area contributed by atoms with E-state index in [9.17, 15) is 0 Å². The summed E-state index contributed by atoms with van der Waals surface area (Å²) in [4.78, 5) is 3.88. The molecule has 2 aromatic rings. The molecule has 1 atom stereocenters. The third-order valence-corrected chi connectivity index (χ3v) is 4.03. The van der Waals surface area contributed by atoms with Gasteiger partial charge < -0.3 is 4.74 Å². The van der Waals surface area contributed by atoms with Gasteiger partial charge >= 0.3 is 0 Å². The summed E-state index contributed by atoms with van der Waals surface area (Å²) in [6, 6.07) is 12.7. The molecule has 0 aliphatic carbocycles. The van der Waals surface area contributed by atoms with E-state index in [0.717, 1.165) is 25.4 Å². The van der Waals surface area contributed by atoms with Crippen molar-refractivity contribution < 1.29 is 4.74 Å². The molecule has 1 aromatic heterocycles. The highest BCUT2D eigenvalue weighted by Gasteiger charge is 2.19. The molecule has 2 nitrogen and oxygen atoms in total. The highest BCUT2D eigenvalue weighted by molar-refractivity contribution is 7.09. The predicted octanol–water partition coefficient (Wildman–Crippen LogP) is 3.53. The second-order valence-electron chi connectivity index (χ2n) is 4.79. The molecule has 2 heterocycles. The summed E-state index contributed by atoms with van der Waals surface area (Å²) in [5, 5.41) is 2.14. The zero-order chi connectivity index (χ0) is 12.4. The molecule has 1 aliphatic heterocycles. The Kier molecular flexibility index (Phi) is 3.35.